The maximum atomic E-state index is 11.9. The predicted molar refractivity (Wildman–Crippen MR) is 76.5 cm³/mol. The first kappa shape index (κ1) is 16.3. The van der Waals surface area contributed by atoms with Crippen LogP contribution in [0.25, 0.3) is 0 Å². The Morgan fingerprint density at radius 3 is 2.80 bits per heavy atom. The first-order valence-corrected chi connectivity index (χ1v) is 6.14. The summed E-state index contributed by atoms with van der Waals surface area (Å²) in [6.07, 6.45) is 0.517. The van der Waals surface area contributed by atoms with Gasteiger partial charge in [0.05, 0.1) is 25.1 Å². The Bertz CT molecular complexity index is 496. The molecule has 0 fully saturated rings. The molecule has 2 atom stereocenters. The fourth-order valence-corrected chi connectivity index (χ4v) is 2.08. The van der Waals surface area contributed by atoms with Crippen molar-refractivity contribution in [1.29, 1.82) is 0 Å². The van der Waals surface area contributed by atoms with E-state index < -0.39 is 11.9 Å². The quantitative estimate of drug-likeness (QED) is 0.740. The molecule has 0 aromatic heterocycles. The number of hydrogen-bond donors (Lipinski definition) is 3. The van der Waals surface area contributed by atoms with Crippen molar-refractivity contribution in [3.05, 3.63) is 29.8 Å². The summed E-state index contributed by atoms with van der Waals surface area (Å²) in [6, 6.07) is 6.47. The third-order valence-corrected chi connectivity index (χ3v) is 3.03. The van der Waals surface area contributed by atoms with Crippen molar-refractivity contribution in [3.63, 3.8) is 0 Å². The van der Waals surface area contributed by atoms with Gasteiger partial charge in [-0.05, 0) is 6.07 Å². The summed E-state index contributed by atoms with van der Waals surface area (Å²) in [6.45, 7) is 0.535. The molecule has 2 amide bonds. The third-order valence-electron chi connectivity index (χ3n) is 3.03. The fraction of sp³-hybridized carbons (Fsp3) is 0.385. The molecule has 2 unspecified atom stereocenters. The largest absolute Gasteiger partial charge is 0.493 e. The number of nitrogens with two attached hydrogens (primary N) is 2. The molecule has 5 N–H and O–H groups in total. The molecule has 2 rings (SSSR count). The molecule has 0 spiro atoms. The fourth-order valence-electron chi connectivity index (χ4n) is 2.08. The summed E-state index contributed by atoms with van der Waals surface area (Å²) in [7, 11) is 0. The molecular weight excluding hydrogens is 282 g/mol. The lowest BCUT2D eigenvalue weighted by Crippen LogP contribution is -2.45. The molecule has 20 heavy (non-hydrogen) atoms. The number of nitrogens with one attached hydrogen (secondary N) is 1. The van der Waals surface area contributed by atoms with Gasteiger partial charge in [-0.15, -0.1) is 12.4 Å². The van der Waals surface area contributed by atoms with Crippen LogP contribution in [0.5, 0.6) is 5.75 Å². The Labute approximate surface area is 123 Å². The molecule has 0 aliphatic carbocycles. The van der Waals surface area contributed by atoms with E-state index in [1.807, 2.05) is 24.3 Å². The minimum atomic E-state index is -0.910. The third kappa shape index (κ3) is 3.85. The zero-order chi connectivity index (χ0) is 13.8. The number of para-hydroxylation sites is 1. The zero-order valence-corrected chi connectivity index (χ0v) is 11.7. The molecule has 1 heterocycles. The highest BCUT2D eigenvalue weighted by molar-refractivity contribution is 5.87. The van der Waals surface area contributed by atoms with Crippen molar-refractivity contribution in [2.45, 2.75) is 24.9 Å². The van der Waals surface area contributed by atoms with Gasteiger partial charge in [-0.2, -0.15) is 0 Å². The minimum Gasteiger partial charge on any atom is -0.493 e. The molecular formula is C13H18ClN3O3. The average Bonchev–Trinajstić information content (AvgIpc) is 2.38. The second-order valence-electron chi connectivity index (χ2n) is 4.51. The van der Waals surface area contributed by atoms with E-state index in [0.717, 1.165) is 11.3 Å². The van der Waals surface area contributed by atoms with Crippen molar-refractivity contribution in [3.8, 4) is 5.75 Å². The van der Waals surface area contributed by atoms with Crippen molar-refractivity contribution in [2.75, 3.05) is 6.61 Å². The predicted octanol–water partition coefficient (Wildman–Crippen LogP) is 0.251. The first-order chi connectivity index (χ1) is 9.08. The van der Waals surface area contributed by atoms with Crippen LogP contribution in [0.1, 0.15) is 24.4 Å². The maximum absolute atomic E-state index is 11.9. The second-order valence-corrected chi connectivity index (χ2v) is 4.51. The van der Waals surface area contributed by atoms with Crippen LogP contribution >= 0.6 is 12.4 Å². The molecule has 1 aliphatic rings. The highest BCUT2D eigenvalue weighted by Crippen LogP contribution is 2.31. The number of carbonyl (C=O) groups excluding carboxylic acids is 2. The summed E-state index contributed by atoms with van der Waals surface area (Å²) in [5, 5.41) is 2.83. The molecule has 0 radical (unpaired) electrons. The Hall–Kier alpha value is -1.79. The van der Waals surface area contributed by atoms with Crippen LogP contribution in [0.2, 0.25) is 0 Å². The molecule has 7 heteroatoms. The monoisotopic (exact) mass is 299 g/mol. The van der Waals surface area contributed by atoms with Gasteiger partial charge in [0, 0.05) is 12.0 Å². The van der Waals surface area contributed by atoms with Gasteiger partial charge in [0.25, 0.3) is 0 Å². The molecule has 6 nitrogen and oxygen atoms in total. The van der Waals surface area contributed by atoms with Crippen molar-refractivity contribution >= 4 is 24.2 Å². The first-order valence-electron chi connectivity index (χ1n) is 6.14. The molecule has 1 aromatic carbocycles. The van der Waals surface area contributed by atoms with Gasteiger partial charge in [-0.25, -0.2) is 0 Å². The minimum absolute atomic E-state index is 0. The van der Waals surface area contributed by atoms with Gasteiger partial charge in [-0.3, -0.25) is 9.59 Å². The lowest BCUT2D eigenvalue weighted by molar-refractivity contribution is -0.127. The van der Waals surface area contributed by atoms with E-state index in [4.69, 9.17) is 16.2 Å². The van der Waals surface area contributed by atoms with Gasteiger partial charge in [-0.1, -0.05) is 18.2 Å². The SMILES string of the molecule is Cl.NC(=O)CC(N)C(=O)NC1CCOc2ccccc21. The standard InChI is InChI=1S/C13H17N3O3.ClH/c14-9(7-12(15)17)13(18)16-10-5-6-19-11-4-2-1-3-8(10)11;/h1-4,9-10H,5-7,14H2,(H2,15,17)(H,16,18);1H. The molecule has 1 aromatic rings. The number of ether oxygens (including phenoxy) is 1. The number of halogens is 1. The Kier molecular flexibility index (Phi) is 5.79. The van der Waals surface area contributed by atoms with Crippen LogP contribution in [-0.2, 0) is 9.59 Å². The van der Waals surface area contributed by atoms with Crippen molar-refractivity contribution in [2.24, 2.45) is 11.5 Å². The summed E-state index contributed by atoms with van der Waals surface area (Å²) in [4.78, 5) is 22.6. The summed E-state index contributed by atoms with van der Waals surface area (Å²) < 4.78 is 5.50. The van der Waals surface area contributed by atoms with Gasteiger partial charge >= 0.3 is 0 Å². The lowest BCUT2D eigenvalue weighted by Gasteiger charge is -2.27. The van der Waals surface area contributed by atoms with E-state index in [0.29, 0.717) is 13.0 Å². The molecule has 0 saturated heterocycles. The van der Waals surface area contributed by atoms with E-state index in [2.05, 4.69) is 5.32 Å². The van der Waals surface area contributed by atoms with Crippen LogP contribution in [0.4, 0.5) is 0 Å². The van der Waals surface area contributed by atoms with Gasteiger partial charge in [0.2, 0.25) is 11.8 Å². The number of primary amides is 1. The number of amides is 2. The van der Waals surface area contributed by atoms with E-state index in [1.165, 1.54) is 0 Å². The zero-order valence-electron chi connectivity index (χ0n) is 10.9. The van der Waals surface area contributed by atoms with E-state index >= 15 is 0 Å². The van der Waals surface area contributed by atoms with Crippen LogP contribution < -0.4 is 21.5 Å². The van der Waals surface area contributed by atoms with Crippen molar-refractivity contribution < 1.29 is 14.3 Å². The van der Waals surface area contributed by atoms with Gasteiger partial charge in [0.15, 0.2) is 0 Å². The number of benzene rings is 1. The number of hydrogen-bond acceptors (Lipinski definition) is 4. The van der Waals surface area contributed by atoms with Crippen LogP contribution in [-0.4, -0.2) is 24.5 Å². The van der Waals surface area contributed by atoms with Crippen molar-refractivity contribution in [1.82, 2.24) is 5.32 Å². The van der Waals surface area contributed by atoms with E-state index in [9.17, 15) is 9.59 Å². The van der Waals surface area contributed by atoms with Gasteiger partial charge < -0.3 is 21.5 Å². The van der Waals surface area contributed by atoms with E-state index in [1.54, 1.807) is 0 Å². The maximum Gasteiger partial charge on any atom is 0.237 e. The normalized spacial score (nSPS) is 17.9. The second kappa shape index (κ2) is 7.12. The molecule has 110 valence electrons. The Morgan fingerprint density at radius 1 is 1.40 bits per heavy atom. The summed E-state index contributed by atoms with van der Waals surface area (Å²) in [5.41, 5.74) is 11.6. The Morgan fingerprint density at radius 2 is 2.10 bits per heavy atom. The molecule has 0 saturated carbocycles. The van der Waals surface area contributed by atoms with Crippen LogP contribution in [0.3, 0.4) is 0 Å². The number of carbonyl (C=O) groups is 2. The topological polar surface area (TPSA) is 107 Å². The van der Waals surface area contributed by atoms with Crippen LogP contribution in [0.15, 0.2) is 24.3 Å². The lowest BCUT2D eigenvalue weighted by atomic mass is 10.00. The molecule has 1 aliphatic heterocycles. The number of rotatable bonds is 4. The smallest absolute Gasteiger partial charge is 0.237 e. The van der Waals surface area contributed by atoms with Gasteiger partial charge in [0.1, 0.15) is 5.75 Å². The summed E-state index contributed by atoms with van der Waals surface area (Å²) >= 11 is 0. The number of fused-ring (bicyclic) bond motifs is 1. The highest BCUT2D eigenvalue weighted by Gasteiger charge is 2.25. The molecule has 0 bridgehead atoms. The average molecular weight is 300 g/mol. The Balaban J connectivity index is 0.00000200. The van der Waals surface area contributed by atoms with Crippen LogP contribution in [0, 0.1) is 0 Å². The highest BCUT2D eigenvalue weighted by atomic mass is 35.5. The summed E-state index contributed by atoms with van der Waals surface area (Å²) in [5.74, 6) is -0.196. The van der Waals surface area contributed by atoms with E-state index in [-0.39, 0.29) is 30.8 Å².